The molecule has 0 radical (unpaired) electrons. The van der Waals surface area contributed by atoms with Crippen molar-refractivity contribution in [2.75, 3.05) is 11.4 Å². The number of nitrogens with one attached hydrogen (secondary N) is 1. The Morgan fingerprint density at radius 3 is 2.82 bits per heavy atom. The minimum Gasteiger partial charge on any atom is -0.450 e. The van der Waals surface area contributed by atoms with E-state index in [2.05, 4.69) is 5.32 Å². The smallest absolute Gasteiger partial charge is 0.344 e. The molecule has 1 saturated carbocycles. The van der Waals surface area contributed by atoms with Crippen LogP contribution in [0.15, 0.2) is 29.2 Å². The van der Waals surface area contributed by atoms with E-state index in [9.17, 15) is 14.4 Å². The molecule has 150 valence electrons. The molecule has 2 fully saturated rings. The molecule has 1 saturated heterocycles. The van der Waals surface area contributed by atoms with E-state index in [1.807, 2.05) is 24.3 Å². The Morgan fingerprint density at radius 1 is 1.29 bits per heavy atom. The number of carbonyl (C=O) groups excluding carboxylic acids is 3. The first-order valence-electron chi connectivity index (χ1n) is 10.1. The molecule has 2 amide bonds. The highest BCUT2D eigenvalue weighted by molar-refractivity contribution is 8.02. The summed E-state index contributed by atoms with van der Waals surface area (Å²) in [5.41, 5.74) is 0.751. The molecule has 1 aromatic rings. The topological polar surface area (TPSA) is 75.7 Å². The number of anilines is 1. The lowest BCUT2D eigenvalue weighted by Gasteiger charge is -2.30. The molecule has 28 heavy (non-hydrogen) atoms. The highest BCUT2D eigenvalue weighted by Gasteiger charge is 2.58. The third-order valence-corrected chi connectivity index (χ3v) is 7.39. The number of rotatable bonds is 5. The van der Waals surface area contributed by atoms with Crippen molar-refractivity contribution in [2.45, 2.75) is 67.7 Å². The second kappa shape index (κ2) is 7.78. The standard InChI is InChI=1S/C21H26N2O4S/c1-14(19(25)22-13-15-7-3-2-4-8-15)27-20(26)21-12-11-18(24)23(21)16-9-5-6-10-17(16)28-21/h5-6,9-10,14-15H,2-4,7-8,11-13H2,1H3,(H,22,25)/t14-,21+/m1/s1. The molecule has 3 aliphatic rings. The fourth-order valence-electron chi connectivity index (χ4n) is 4.36. The number of para-hydroxylation sites is 1. The first kappa shape index (κ1) is 19.3. The maximum atomic E-state index is 13.1. The molecule has 2 heterocycles. The zero-order valence-corrected chi connectivity index (χ0v) is 16.9. The summed E-state index contributed by atoms with van der Waals surface area (Å²) >= 11 is 1.35. The number of amides is 2. The van der Waals surface area contributed by atoms with Crippen LogP contribution >= 0.6 is 11.8 Å². The van der Waals surface area contributed by atoms with E-state index in [1.54, 1.807) is 11.8 Å². The zero-order chi connectivity index (χ0) is 19.7. The number of nitrogens with zero attached hydrogens (tertiary/aromatic N) is 1. The Balaban J connectivity index is 1.40. The third kappa shape index (κ3) is 3.41. The van der Waals surface area contributed by atoms with Gasteiger partial charge in [-0.1, -0.05) is 43.2 Å². The van der Waals surface area contributed by atoms with Crippen molar-refractivity contribution >= 4 is 35.2 Å². The molecule has 0 unspecified atom stereocenters. The molecule has 4 rings (SSSR count). The molecule has 0 spiro atoms. The summed E-state index contributed by atoms with van der Waals surface area (Å²) in [6.45, 7) is 2.23. The lowest BCUT2D eigenvalue weighted by atomic mass is 9.89. The summed E-state index contributed by atoms with van der Waals surface area (Å²) in [6, 6.07) is 7.49. The van der Waals surface area contributed by atoms with Gasteiger partial charge in [0.05, 0.1) is 5.69 Å². The molecule has 2 atom stereocenters. The fourth-order valence-corrected chi connectivity index (χ4v) is 5.76. The van der Waals surface area contributed by atoms with Gasteiger partial charge >= 0.3 is 5.97 Å². The summed E-state index contributed by atoms with van der Waals surface area (Å²) < 4.78 is 5.55. The quantitative estimate of drug-likeness (QED) is 0.765. The van der Waals surface area contributed by atoms with Crippen LogP contribution < -0.4 is 10.2 Å². The van der Waals surface area contributed by atoms with Crippen LogP contribution in [0.25, 0.3) is 0 Å². The second-order valence-electron chi connectivity index (χ2n) is 7.88. The molecule has 0 bridgehead atoms. The third-order valence-electron chi connectivity index (χ3n) is 5.94. The van der Waals surface area contributed by atoms with Gasteiger partial charge in [0.1, 0.15) is 0 Å². The maximum Gasteiger partial charge on any atom is 0.344 e. The van der Waals surface area contributed by atoms with Gasteiger partial charge in [-0.2, -0.15) is 0 Å². The first-order chi connectivity index (χ1) is 13.5. The van der Waals surface area contributed by atoms with Gasteiger partial charge in [-0.05, 0) is 37.8 Å². The van der Waals surface area contributed by atoms with Crippen LogP contribution in [0.1, 0.15) is 51.9 Å². The minimum atomic E-state index is -1.08. The number of thioether (sulfide) groups is 1. The number of hydrogen-bond acceptors (Lipinski definition) is 5. The Labute approximate surface area is 169 Å². The van der Waals surface area contributed by atoms with Gasteiger partial charge in [-0.3, -0.25) is 14.5 Å². The Hall–Kier alpha value is -2.02. The number of benzene rings is 1. The summed E-state index contributed by atoms with van der Waals surface area (Å²) in [4.78, 5) is 39.3. The summed E-state index contributed by atoms with van der Waals surface area (Å²) in [5.74, 6) is -0.350. The number of ether oxygens (including phenoxy) is 1. The van der Waals surface area contributed by atoms with E-state index >= 15 is 0 Å². The number of esters is 1. The van der Waals surface area contributed by atoms with Crippen molar-refractivity contribution in [1.29, 1.82) is 0 Å². The largest absolute Gasteiger partial charge is 0.450 e. The lowest BCUT2D eigenvalue weighted by Crippen LogP contribution is -2.50. The zero-order valence-electron chi connectivity index (χ0n) is 16.1. The van der Waals surface area contributed by atoms with Crippen molar-refractivity contribution < 1.29 is 19.1 Å². The number of carbonyl (C=O) groups is 3. The van der Waals surface area contributed by atoms with Crippen LogP contribution in [0.5, 0.6) is 0 Å². The van der Waals surface area contributed by atoms with E-state index in [-0.39, 0.29) is 11.8 Å². The highest BCUT2D eigenvalue weighted by Crippen LogP contribution is 2.56. The van der Waals surface area contributed by atoms with Gasteiger partial charge < -0.3 is 10.1 Å². The van der Waals surface area contributed by atoms with Crippen LogP contribution in [0.2, 0.25) is 0 Å². The average molecular weight is 403 g/mol. The Morgan fingerprint density at radius 2 is 2.04 bits per heavy atom. The Bertz CT molecular complexity index is 792. The van der Waals surface area contributed by atoms with Crippen LogP contribution in [0, 0.1) is 5.92 Å². The van der Waals surface area contributed by atoms with Crippen LogP contribution in [0.4, 0.5) is 5.69 Å². The second-order valence-corrected chi connectivity index (χ2v) is 9.20. The molecule has 7 heteroatoms. The van der Waals surface area contributed by atoms with E-state index < -0.39 is 16.9 Å². The predicted molar refractivity (Wildman–Crippen MR) is 107 cm³/mol. The van der Waals surface area contributed by atoms with E-state index in [4.69, 9.17) is 4.74 Å². The summed E-state index contributed by atoms with van der Waals surface area (Å²) in [6.07, 6.45) is 5.80. The first-order valence-corrected chi connectivity index (χ1v) is 10.9. The van der Waals surface area contributed by atoms with Crippen LogP contribution in [-0.2, 0) is 19.1 Å². The monoisotopic (exact) mass is 402 g/mol. The molecule has 2 aliphatic heterocycles. The molecular weight excluding hydrogens is 376 g/mol. The van der Waals surface area contributed by atoms with Gasteiger partial charge in [0.2, 0.25) is 5.91 Å². The van der Waals surface area contributed by atoms with Gasteiger partial charge in [0, 0.05) is 24.3 Å². The predicted octanol–water partition coefficient (Wildman–Crippen LogP) is 3.24. The molecule has 1 N–H and O–H groups in total. The molecule has 1 aromatic carbocycles. The van der Waals surface area contributed by atoms with Crippen LogP contribution in [0.3, 0.4) is 0 Å². The van der Waals surface area contributed by atoms with Crippen LogP contribution in [-0.4, -0.2) is 35.3 Å². The maximum absolute atomic E-state index is 13.1. The molecule has 0 aromatic heterocycles. The summed E-state index contributed by atoms with van der Waals surface area (Å²) in [7, 11) is 0. The SMILES string of the molecule is C[C@@H](OC(=O)[C@@]12CCC(=O)N1c1ccccc1S2)C(=O)NCC1CCCCC1. The number of fused-ring (bicyclic) bond motifs is 3. The van der Waals surface area contributed by atoms with Crippen molar-refractivity contribution in [1.82, 2.24) is 5.32 Å². The van der Waals surface area contributed by atoms with Crippen molar-refractivity contribution in [3.05, 3.63) is 24.3 Å². The normalized spacial score (nSPS) is 25.2. The minimum absolute atomic E-state index is 0.0798. The van der Waals surface area contributed by atoms with Gasteiger partial charge in [-0.25, -0.2) is 4.79 Å². The lowest BCUT2D eigenvalue weighted by molar-refractivity contribution is -0.157. The average Bonchev–Trinajstić information content (AvgIpc) is 3.22. The summed E-state index contributed by atoms with van der Waals surface area (Å²) in [5, 5.41) is 2.93. The molecule has 1 aliphatic carbocycles. The van der Waals surface area contributed by atoms with Crippen molar-refractivity contribution in [2.24, 2.45) is 5.92 Å². The Kier molecular flexibility index (Phi) is 5.36. The molecular formula is C21H26N2O4S. The number of hydrogen-bond donors (Lipinski definition) is 1. The van der Waals surface area contributed by atoms with E-state index in [0.29, 0.717) is 25.3 Å². The van der Waals surface area contributed by atoms with Gasteiger partial charge in [0.15, 0.2) is 11.0 Å². The van der Waals surface area contributed by atoms with Crippen molar-refractivity contribution in [3.8, 4) is 0 Å². The van der Waals surface area contributed by atoms with Crippen molar-refractivity contribution in [3.63, 3.8) is 0 Å². The van der Waals surface area contributed by atoms with Gasteiger partial charge in [0.25, 0.3) is 5.91 Å². The highest BCUT2D eigenvalue weighted by atomic mass is 32.2. The fraction of sp³-hybridized carbons (Fsp3) is 0.571. The molecule has 6 nitrogen and oxygen atoms in total. The van der Waals surface area contributed by atoms with Gasteiger partial charge in [-0.15, -0.1) is 0 Å². The van der Waals surface area contributed by atoms with E-state index in [0.717, 1.165) is 23.4 Å². The van der Waals surface area contributed by atoms with E-state index in [1.165, 1.54) is 31.0 Å².